The van der Waals surface area contributed by atoms with Crippen molar-refractivity contribution in [1.29, 1.82) is 0 Å². The highest BCUT2D eigenvalue weighted by Gasteiger charge is 2.35. The minimum atomic E-state index is 0.627. The first-order valence-corrected chi connectivity index (χ1v) is 6.31. The smallest absolute Gasteiger partial charge is 0.128 e. The molecule has 86 valence electrons. The predicted octanol–water partition coefficient (Wildman–Crippen LogP) is 1.92. The van der Waals surface area contributed by atoms with E-state index in [1.165, 1.54) is 12.8 Å². The van der Waals surface area contributed by atoms with Gasteiger partial charge in [-0.05, 0) is 30.9 Å². The third-order valence-electron chi connectivity index (χ3n) is 3.68. The van der Waals surface area contributed by atoms with Gasteiger partial charge in [0.15, 0.2) is 0 Å². The van der Waals surface area contributed by atoms with Crippen LogP contribution >= 0.6 is 11.6 Å². The molecule has 1 aromatic rings. The lowest BCUT2D eigenvalue weighted by atomic mass is 9.92. The number of aromatic nitrogens is 1. The van der Waals surface area contributed by atoms with Crippen molar-refractivity contribution in [3.8, 4) is 0 Å². The van der Waals surface area contributed by atoms with Crippen LogP contribution in [0, 0.1) is 5.92 Å². The SMILES string of the molecule is Clc1ccc(N2CCCC3CNCC32)nc1. The van der Waals surface area contributed by atoms with E-state index in [0.717, 1.165) is 31.4 Å². The molecule has 0 radical (unpaired) electrons. The summed E-state index contributed by atoms with van der Waals surface area (Å²) in [5, 5.41) is 4.19. The zero-order valence-corrected chi connectivity index (χ0v) is 9.95. The fraction of sp³-hybridized carbons (Fsp3) is 0.583. The minimum Gasteiger partial charge on any atom is -0.352 e. The van der Waals surface area contributed by atoms with Crippen LogP contribution in [0.4, 0.5) is 5.82 Å². The van der Waals surface area contributed by atoms with Gasteiger partial charge in [0.1, 0.15) is 5.82 Å². The second kappa shape index (κ2) is 4.22. The molecule has 0 amide bonds. The summed E-state index contributed by atoms with van der Waals surface area (Å²) >= 11 is 5.87. The Morgan fingerprint density at radius 3 is 3.12 bits per heavy atom. The number of nitrogens with zero attached hydrogens (tertiary/aromatic N) is 2. The van der Waals surface area contributed by atoms with Crippen molar-refractivity contribution < 1.29 is 0 Å². The molecule has 4 heteroatoms. The van der Waals surface area contributed by atoms with E-state index in [4.69, 9.17) is 11.6 Å². The molecule has 0 aliphatic carbocycles. The van der Waals surface area contributed by atoms with Gasteiger partial charge in [-0.1, -0.05) is 11.6 Å². The van der Waals surface area contributed by atoms with Gasteiger partial charge in [0.05, 0.1) is 5.02 Å². The summed E-state index contributed by atoms with van der Waals surface area (Å²) in [6, 6.07) is 4.58. The van der Waals surface area contributed by atoms with Crippen LogP contribution in [0.3, 0.4) is 0 Å². The first-order chi connectivity index (χ1) is 7.84. The molecule has 1 N–H and O–H groups in total. The summed E-state index contributed by atoms with van der Waals surface area (Å²) < 4.78 is 0. The monoisotopic (exact) mass is 237 g/mol. The Balaban J connectivity index is 1.85. The van der Waals surface area contributed by atoms with Crippen molar-refractivity contribution in [3.05, 3.63) is 23.4 Å². The van der Waals surface area contributed by atoms with Crippen molar-refractivity contribution >= 4 is 17.4 Å². The lowest BCUT2D eigenvalue weighted by molar-refractivity contribution is 0.383. The second-order valence-electron chi connectivity index (χ2n) is 4.66. The highest BCUT2D eigenvalue weighted by atomic mass is 35.5. The van der Waals surface area contributed by atoms with Gasteiger partial charge in [-0.3, -0.25) is 0 Å². The number of hydrogen-bond donors (Lipinski definition) is 1. The van der Waals surface area contributed by atoms with Gasteiger partial charge in [-0.2, -0.15) is 0 Å². The van der Waals surface area contributed by atoms with Gasteiger partial charge >= 0.3 is 0 Å². The molecule has 1 aromatic heterocycles. The Kier molecular flexibility index (Phi) is 2.74. The quantitative estimate of drug-likeness (QED) is 0.809. The molecule has 0 saturated carbocycles. The van der Waals surface area contributed by atoms with Gasteiger partial charge in [0.2, 0.25) is 0 Å². The van der Waals surface area contributed by atoms with E-state index in [1.807, 2.05) is 12.1 Å². The molecule has 2 aliphatic heterocycles. The van der Waals surface area contributed by atoms with E-state index < -0.39 is 0 Å². The van der Waals surface area contributed by atoms with Crippen molar-refractivity contribution in [1.82, 2.24) is 10.3 Å². The molecule has 2 unspecified atom stereocenters. The van der Waals surface area contributed by atoms with E-state index in [1.54, 1.807) is 6.20 Å². The third-order valence-corrected chi connectivity index (χ3v) is 3.91. The molecule has 0 spiro atoms. The molecule has 16 heavy (non-hydrogen) atoms. The normalized spacial score (nSPS) is 29.2. The molecule has 2 saturated heterocycles. The third kappa shape index (κ3) is 1.78. The van der Waals surface area contributed by atoms with Gasteiger partial charge in [0.25, 0.3) is 0 Å². The summed E-state index contributed by atoms with van der Waals surface area (Å²) in [5.74, 6) is 1.87. The highest BCUT2D eigenvalue weighted by molar-refractivity contribution is 6.30. The molecule has 3 heterocycles. The number of pyridine rings is 1. The molecular weight excluding hydrogens is 222 g/mol. The number of fused-ring (bicyclic) bond motifs is 1. The summed E-state index contributed by atoms with van der Waals surface area (Å²) in [7, 11) is 0. The summed E-state index contributed by atoms with van der Waals surface area (Å²) in [6.07, 6.45) is 4.36. The van der Waals surface area contributed by atoms with E-state index in [-0.39, 0.29) is 0 Å². The fourth-order valence-electron chi connectivity index (χ4n) is 2.89. The first-order valence-electron chi connectivity index (χ1n) is 5.93. The molecule has 0 aromatic carbocycles. The Bertz CT molecular complexity index is 365. The Hall–Kier alpha value is -0.800. The number of nitrogens with one attached hydrogen (secondary N) is 1. The van der Waals surface area contributed by atoms with Crippen LogP contribution in [0.1, 0.15) is 12.8 Å². The first kappa shape index (κ1) is 10.4. The van der Waals surface area contributed by atoms with Crippen LogP contribution in [-0.4, -0.2) is 30.7 Å². The van der Waals surface area contributed by atoms with E-state index in [0.29, 0.717) is 11.1 Å². The number of hydrogen-bond acceptors (Lipinski definition) is 3. The molecular formula is C12H16ClN3. The lowest BCUT2D eigenvalue weighted by Gasteiger charge is -2.37. The molecule has 2 atom stereocenters. The maximum Gasteiger partial charge on any atom is 0.128 e. The molecule has 3 nitrogen and oxygen atoms in total. The summed E-state index contributed by atoms with van der Waals surface area (Å²) in [5.41, 5.74) is 0. The van der Waals surface area contributed by atoms with Crippen LogP contribution in [-0.2, 0) is 0 Å². The van der Waals surface area contributed by atoms with E-state index >= 15 is 0 Å². The second-order valence-corrected chi connectivity index (χ2v) is 5.09. The number of rotatable bonds is 1. The fourth-order valence-corrected chi connectivity index (χ4v) is 3.00. The zero-order chi connectivity index (χ0) is 11.0. The van der Waals surface area contributed by atoms with Gasteiger partial charge in [-0.25, -0.2) is 4.98 Å². The lowest BCUT2D eigenvalue weighted by Crippen LogP contribution is -2.45. The largest absolute Gasteiger partial charge is 0.352 e. The van der Waals surface area contributed by atoms with Crippen LogP contribution in [0.5, 0.6) is 0 Å². The number of anilines is 1. The number of piperidine rings is 1. The average Bonchev–Trinajstić information content (AvgIpc) is 2.78. The molecule has 0 bridgehead atoms. The minimum absolute atomic E-state index is 0.627. The topological polar surface area (TPSA) is 28.2 Å². The summed E-state index contributed by atoms with van der Waals surface area (Å²) in [6.45, 7) is 3.38. The van der Waals surface area contributed by atoms with Crippen LogP contribution in [0.2, 0.25) is 5.02 Å². The van der Waals surface area contributed by atoms with Gasteiger partial charge in [-0.15, -0.1) is 0 Å². The van der Waals surface area contributed by atoms with E-state index in [2.05, 4.69) is 15.2 Å². The maximum absolute atomic E-state index is 5.87. The van der Waals surface area contributed by atoms with Gasteiger partial charge in [0, 0.05) is 31.9 Å². The maximum atomic E-state index is 5.87. The number of halogens is 1. The summed E-state index contributed by atoms with van der Waals surface area (Å²) in [4.78, 5) is 6.86. The molecule has 2 fully saturated rings. The van der Waals surface area contributed by atoms with Crippen LogP contribution in [0.25, 0.3) is 0 Å². The van der Waals surface area contributed by atoms with Crippen LogP contribution in [0.15, 0.2) is 18.3 Å². The standard InChI is InChI=1S/C12H16ClN3/c13-10-3-4-12(15-7-10)16-5-1-2-9-6-14-8-11(9)16/h3-4,7,9,11,14H,1-2,5-6,8H2. The van der Waals surface area contributed by atoms with E-state index in [9.17, 15) is 0 Å². The van der Waals surface area contributed by atoms with Crippen molar-refractivity contribution in [2.75, 3.05) is 24.5 Å². The highest BCUT2D eigenvalue weighted by Crippen LogP contribution is 2.29. The zero-order valence-electron chi connectivity index (χ0n) is 9.19. The van der Waals surface area contributed by atoms with Crippen molar-refractivity contribution in [3.63, 3.8) is 0 Å². The Labute approximate surface area is 101 Å². The van der Waals surface area contributed by atoms with Crippen molar-refractivity contribution in [2.45, 2.75) is 18.9 Å². The van der Waals surface area contributed by atoms with Gasteiger partial charge < -0.3 is 10.2 Å². The molecule has 2 aliphatic rings. The predicted molar refractivity (Wildman–Crippen MR) is 66.0 cm³/mol. The Morgan fingerprint density at radius 2 is 2.31 bits per heavy atom. The van der Waals surface area contributed by atoms with Crippen molar-refractivity contribution in [2.24, 2.45) is 5.92 Å². The average molecular weight is 238 g/mol. The van der Waals surface area contributed by atoms with Crippen LogP contribution < -0.4 is 10.2 Å². The molecule has 3 rings (SSSR count). The Morgan fingerprint density at radius 1 is 1.38 bits per heavy atom.